The predicted octanol–water partition coefficient (Wildman–Crippen LogP) is 1.61. The minimum absolute atomic E-state index is 0.0374. The first-order valence-corrected chi connectivity index (χ1v) is 6.04. The molecule has 0 N–H and O–H groups in total. The summed E-state index contributed by atoms with van der Waals surface area (Å²) in [7, 11) is 0. The number of hydrazine groups is 1. The molecule has 1 amide bonds. The molecular weight excluding hydrogens is 259 g/mol. The first-order valence-electron chi connectivity index (χ1n) is 6.04. The summed E-state index contributed by atoms with van der Waals surface area (Å²) in [6, 6.07) is 0.906. The quantitative estimate of drug-likeness (QED) is 0.820. The molecule has 0 aliphatic carbocycles. The van der Waals surface area contributed by atoms with Crippen molar-refractivity contribution < 1.29 is 18.0 Å². The second kappa shape index (κ2) is 4.48. The molecule has 7 heteroatoms. The number of carbonyl (C=O) groups excluding carboxylic acids is 1. The Bertz CT molecular complexity index is 511. The number of nitrogens with zero attached hydrogens (tertiary/aromatic N) is 3. The molecule has 0 radical (unpaired) electrons. The molecule has 4 nitrogen and oxygen atoms in total. The number of carbonyl (C=O) groups is 1. The van der Waals surface area contributed by atoms with Crippen molar-refractivity contribution in [1.29, 1.82) is 0 Å². The summed E-state index contributed by atoms with van der Waals surface area (Å²) in [6.45, 7) is 0.561. The maximum Gasteiger partial charge on any atom is 0.251 e. The van der Waals surface area contributed by atoms with E-state index in [2.05, 4.69) is 4.98 Å². The summed E-state index contributed by atoms with van der Waals surface area (Å²) in [5.41, 5.74) is 0.547. The summed E-state index contributed by atoms with van der Waals surface area (Å²) < 4.78 is 38.7. The topological polar surface area (TPSA) is 36.4 Å². The van der Waals surface area contributed by atoms with Gasteiger partial charge >= 0.3 is 0 Å². The number of hydrogen-bond donors (Lipinski definition) is 0. The zero-order valence-electron chi connectivity index (χ0n) is 9.97. The highest BCUT2D eigenvalue weighted by molar-refractivity contribution is 5.81. The van der Waals surface area contributed by atoms with Gasteiger partial charge in [-0.2, -0.15) is 0 Å². The molecule has 0 spiro atoms. The minimum atomic E-state index is -2.66. The van der Waals surface area contributed by atoms with Gasteiger partial charge in [-0.25, -0.2) is 18.2 Å². The van der Waals surface area contributed by atoms with Crippen molar-refractivity contribution in [2.75, 3.05) is 13.1 Å². The Morgan fingerprint density at radius 1 is 1.37 bits per heavy atom. The van der Waals surface area contributed by atoms with E-state index in [1.807, 2.05) is 0 Å². The molecule has 1 aromatic heterocycles. The van der Waals surface area contributed by atoms with Crippen molar-refractivity contribution >= 4 is 5.91 Å². The van der Waals surface area contributed by atoms with Crippen molar-refractivity contribution in [3.8, 4) is 0 Å². The van der Waals surface area contributed by atoms with E-state index in [4.69, 9.17) is 0 Å². The highest BCUT2D eigenvalue weighted by atomic mass is 19.3. The Hall–Kier alpha value is -1.63. The molecule has 19 heavy (non-hydrogen) atoms. The molecule has 0 bridgehead atoms. The van der Waals surface area contributed by atoms with Crippen LogP contribution < -0.4 is 0 Å². The van der Waals surface area contributed by atoms with Gasteiger partial charge in [0, 0.05) is 19.3 Å². The van der Waals surface area contributed by atoms with Crippen LogP contribution in [0.4, 0.5) is 13.2 Å². The van der Waals surface area contributed by atoms with Gasteiger partial charge in [0.05, 0.1) is 12.2 Å². The van der Waals surface area contributed by atoms with Crippen molar-refractivity contribution in [2.45, 2.75) is 18.9 Å². The molecule has 3 rings (SSSR count). The molecule has 2 atom stereocenters. The van der Waals surface area contributed by atoms with Crippen LogP contribution >= 0.6 is 0 Å². The lowest BCUT2D eigenvalue weighted by atomic mass is 10.0. The fourth-order valence-corrected chi connectivity index (χ4v) is 2.75. The summed E-state index contributed by atoms with van der Waals surface area (Å²) in [4.78, 5) is 15.7. The standard InChI is InChI=1S/C12H12F3N3O/c13-8-3-7(4-16-5-8)10-1-2-17-6-9(11(14)15)12(19)18(10)17/h3-5,9-11H,1-2,6H2. The maximum absolute atomic E-state index is 13.2. The van der Waals surface area contributed by atoms with Crippen LogP contribution in [0.2, 0.25) is 0 Å². The molecule has 1 aromatic rings. The van der Waals surface area contributed by atoms with Crippen LogP contribution in [-0.2, 0) is 4.79 Å². The van der Waals surface area contributed by atoms with Crippen LogP contribution in [0.25, 0.3) is 0 Å². The van der Waals surface area contributed by atoms with Gasteiger partial charge in [-0.05, 0) is 18.1 Å². The molecule has 2 saturated heterocycles. The van der Waals surface area contributed by atoms with E-state index in [0.717, 1.165) is 6.20 Å². The smallest absolute Gasteiger partial charge is 0.251 e. The van der Waals surface area contributed by atoms with Gasteiger partial charge in [0.15, 0.2) is 0 Å². The number of rotatable bonds is 2. The third-order valence-electron chi connectivity index (χ3n) is 3.63. The van der Waals surface area contributed by atoms with Gasteiger partial charge in [0.25, 0.3) is 6.43 Å². The number of alkyl halides is 2. The van der Waals surface area contributed by atoms with Gasteiger partial charge < -0.3 is 0 Å². The number of fused-ring (bicyclic) bond motifs is 1. The fraction of sp³-hybridized carbons (Fsp3) is 0.500. The Labute approximate surface area is 107 Å². The molecule has 102 valence electrons. The SMILES string of the molecule is O=C1C(C(F)F)CN2CCC(c3cncc(F)c3)N12. The van der Waals surface area contributed by atoms with Crippen molar-refractivity contribution in [3.63, 3.8) is 0 Å². The molecule has 2 aliphatic rings. The van der Waals surface area contributed by atoms with Crippen LogP contribution in [0, 0.1) is 11.7 Å². The van der Waals surface area contributed by atoms with E-state index in [1.54, 1.807) is 5.01 Å². The second-order valence-electron chi connectivity index (χ2n) is 4.78. The van der Waals surface area contributed by atoms with E-state index in [1.165, 1.54) is 17.3 Å². The van der Waals surface area contributed by atoms with Gasteiger partial charge in [-0.1, -0.05) is 0 Å². The highest BCUT2D eigenvalue weighted by Crippen LogP contribution is 2.38. The van der Waals surface area contributed by atoms with Crippen LogP contribution in [-0.4, -0.2) is 40.4 Å². The van der Waals surface area contributed by atoms with Gasteiger partial charge in [0.2, 0.25) is 5.91 Å². The lowest BCUT2D eigenvalue weighted by molar-refractivity contribution is -0.142. The third kappa shape index (κ3) is 1.98. The van der Waals surface area contributed by atoms with Crippen LogP contribution in [0.15, 0.2) is 18.5 Å². The Kier molecular flexibility index (Phi) is 2.93. The van der Waals surface area contributed by atoms with Gasteiger partial charge in [-0.15, -0.1) is 0 Å². The number of pyridine rings is 1. The normalized spacial score (nSPS) is 27.4. The largest absolute Gasteiger partial charge is 0.273 e. The molecule has 0 aromatic carbocycles. The average Bonchev–Trinajstić information content (AvgIpc) is 2.90. The molecule has 2 aliphatic heterocycles. The minimum Gasteiger partial charge on any atom is -0.273 e. The van der Waals surface area contributed by atoms with Crippen LogP contribution in [0.3, 0.4) is 0 Å². The zero-order valence-corrected chi connectivity index (χ0v) is 9.97. The first-order chi connectivity index (χ1) is 9.08. The van der Waals surface area contributed by atoms with E-state index < -0.39 is 24.1 Å². The second-order valence-corrected chi connectivity index (χ2v) is 4.78. The molecular formula is C12H12F3N3O. The third-order valence-corrected chi connectivity index (χ3v) is 3.63. The zero-order chi connectivity index (χ0) is 13.6. The van der Waals surface area contributed by atoms with Crippen molar-refractivity contribution in [2.24, 2.45) is 5.92 Å². The molecule has 2 fully saturated rings. The number of aromatic nitrogens is 1. The predicted molar refractivity (Wildman–Crippen MR) is 59.5 cm³/mol. The highest BCUT2D eigenvalue weighted by Gasteiger charge is 2.49. The summed E-state index contributed by atoms with van der Waals surface area (Å²) in [5, 5.41) is 2.96. The van der Waals surface area contributed by atoms with E-state index in [0.29, 0.717) is 18.5 Å². The summed E-state index contributed by atoms with van der Waals surface area (Å²) in [5.74, 6) is -2.35. The van der Waals surface area contributed by atoms with Gasteiger partial charge in [0.1, 0.15) is 11.7 Å². The maximum atomic E-state index is 13.2. The van der Waals surface area contributed by atoms with Crippen LogP contribution in [0.1, 0.15) is 18.0 Å². The average molecular weight is 271 g/mol. The Morgan fingerprint density at radius 2 is 2.16 bits per heavy atom. The van der Waals surface area contributed by atoms with Gasteiger partial charge in [-0.3, -0.25) is 14.8 Å². The molecule has 2 unspecified atom stereocenters. The lowest BCUT2D eigenvalue weighted by Gasteiger charge is -2.25. The van der Waals surface area contributed by atoms with E-state index in [9.17, 15) is 18.0 Å². The van der Waals surface area contributed by atoms with Crippen molar-refractivity contribution in [1.82, 2.24) is 15.0 Å². The van der Waals surface area contributed by atoms with E-state index in [-0.39, 0.29) is 12.6 Å². The fourth-order valence-electron chi connectivity index (χ4n) is 2.75. The summed E-state index contributed by atoms with van der Waals surface area (Å²) >= 11 is 0. The number of amides is 1. The molecule has 0 saturated carbocycles. The molecule has 3 heterocycles. The summed E-state index contributed by atoms with van der Waals surface area (Å²) in [6.07, 6.45) is 0.487. The Morgan fingerprint density at radius 3 is 2.84 bits per heavy atom. The lowest BCUT2D eigenvalue weighted by Crippen LogP contribution is -2.35. The number of hydrogen-bond acceptors (Lipinski definition) is 3. The Balaban J connectivity index is 1.88. The van der Waals surface area contributed by atoms with Crippen molar-refractivity contribution in [3.05, 3.63) is 29.8 Å². The van der Waals surface area contributed by atoms with E-state index >= 15 is 0 Å². The number of halogens is 3. The van der Waals surface area contributed by atoms with Crippen LogP contribution in [0.5, 0.6) is 0 Å². The first kappa shape index (κ1) is 12.4. The monoisotopic (exact) mass is 271 g/mol.